The highest BCUT2D eigenvalue weighted by Gasteiger charge is 2.30. The van der Waals surface area contributed by atoms with E-state index >= 15 is 0 Å². The molecule has 1 heterocycles. The summed E-state index contributed by atoms with van der Waals surface area (Å²) < 4.78 is 5.91. The first-order valence-electron chi connectivity index (χ1n) is 8.43. The number of benzene rings is 3. The van der Waals surface area contributed by atoms with Gasteiger partial charge < -0.3 is 14.9 Å². The second kappa shape index (κ2) is 6.29. The molecule has 0 saturated carbocycles. The quantitative estimate of drug-likeness (QED) is 0.554. The zero-order valence-corrected chi connectivity index (χ0v) is 14.5. The lowest BCUT2D eigenvalue weighted by molar-refractivity contribution is 0.0686. The van der Waals surface area contributed by atoms with Crippen LogP contribution < -0.4 is 4.74 Å². The molecule has 0 radical (unpaired) electrons. The molecule has 3 aromatic rings. The minimum absolute atomic E-state index is 0.120. The van der Waals surface area contributed by atoms with Crippen LogP contribution in [0.3, 0.4) is 0 Å². The summed E-state index contributed by atoms with van der Waals surface area (Å²) in [4.78, 5) is 22.7. The van der Waals surface area contributed by atoms with Gasteiger partial charge in [-0.05, 0) is 36.8 Å². The summed E-state index contributed by atoms with van der Waals surface area (Å²) in [6.07, 6.45) is 0. The number of carboxylic acids is 2. The van der Waals surface area contributed by atoms with Gasteiger partial charge in [-0.15, -0.1) is 0 Å². The molecule has 0 amide bonds. The third-order valence-electron chi connectivity index (χ3n) is 4.77. The topological polar surface area (TPSA) is 83.8 Å². The first-order valence-corrected chi connectivity index (χ1v) is 8.43. The highest BCUT2D eigenvalue weighted by Crippen LogP contribution is 2.47. The molecular formula is C22H16O5. The van der Waals surface area contributed by atoms with Crippen molar-refractivity contribution in [1.29, 1.82) is 0 Å². The molecular weight excluding hydrogens is 344 g/mol. The molecule has 134 valence electrons. The van der Waals surface area contributed by atoms with Crippen LogP contribution in [0.4, 0.5) is 0 Å². The Bertz CT molecular complexity index is 1000. The van der Waals surface area contributed by atoms with E-state index in [0.29, 0.717) is 11.5 Å². The molecule has 5 nitrogen and oxygen atoms in total. The Morgan fingerprint density at radius 1 is 0.778 bits per heavy atom. The van der Waals surface area contributed by atoms with Crippen LogP contribution in [0.1, 0.15) is 48.9 Å². The lowest BCUT2D eigenvalue weighted by Gasteiger charge is -2.29. The Labute approximate surface area is 155 Å². The van der Waals surface area contributed by atoms with Crippen LogP contribution >= 0.6 is 0 Å². The Balaban J connectivity index is 1.93. The lowest BCUT2D eigenvalue weighted by atomic mass is 9.81. The molecule has 0 aromatic heterocycles. The summed E-state index contributed by atoms with van der Waals surface area (Å²) in [7, 11) is 0. The first kappa shape index (κ1) is 16.8. The van der Waals surface area contributed by atoms with Gasteiger partial charge in [-0.1, -0.05) is 42.0 Å². The summed E-state index contributed by atoms with van der Waals surface area (Å²) in [6.45, 7) is 2.01. The molecule has 2 N–H and O–H groups in total. The van der Waals surface area contributed by atoms with E-state index in [2.05, 4.69) is 0 Å². The third kappa shape index (κ3) is 2.93. The van der Waals surface area contributed by atoms with Crippen molar-refractivity contribution in [3.8, 4) is 11.5 Å². The van der Waals surface area contributed by atoms with Gasteiger partial charge in [0, 0.05) is 17.0 Å². The molecule has 0 spiro atoms. The number of hydrogen-bond donors (Lipinski definition) is 2. The summed E-state index contributed by atoms with van der Waals surface area (Å²) in [5, 5.41) is 18.6. The number of carboxylic acid groups (broad SMARTS) is 2. The van der Waals surface area contributed by atoms with E-state index in [9.17, 15) is 19.8 Å². The van der Waals surface area contributed by atoms with E-state index in [-0.39, 0.29) is 17.0 Å². The van der Waals surface area contributed by atoms with Gasteiger partial charge in [-0.25, -0.2) is 9.59 Å². The van der Waals surface area contributed by atoms with Gasteiger partial charge in [0.1, 0.15) is 11.5 Å². The molecule has 0 unspecified atom stereocenters. The number of aromatic carboxylic acids is 2. The maximum atomic E-state index is 11.3. The van der Waals surface area contributed by atoms with Crippen LogP contribution in [0.15, 0.2) is 60.7 Å². The van der Waals surface area contributed by atoms with Gasteiger partial charge in [0.2, 0.25) is 0 Å². The standard InChI is InChI=1S/C22H16O5/c1-12-2-4-13(5-3-12)20-16-8-6-14(21(23)24)10-18(16)27-19-11-15(22(25)26)7-9-17(19)20/h2-11,20H,1H3,(H,23,24)(H,25,26). The molecule has 5 heteroatoms. The van der Waals surface area contributed by atoms with Crippen molar-refractivity contribution < 1.29 is 24.5 Å². The van der Waals surface area contributed by atoms with E-state index in [0.717, 1.165) is 22.3 Å². The monoisotopic (exact) mass is 360 g/mol. The van der Waals surface area contributed by atoms with Crippen molar-refractivity contribution in [3.63, 3.8) is 0 Å². The second-order valence-electron chi connectivity index (χ2n) is 6.56. The average Bonchev–Trinajstić information content (AvgIpc) is 2.66. The molecule has 0 saturated heterocycles. The molecule has 0 bridgehead atoms. The van der Waals surface area contributed by atoms with Gasteiger partial charge in [-0.3, -0.25) is 0 Å². The van der Waals surface area contributed by atoms with E-state index in [1.54, 1.807) is 24.3 Å². The smallest absolute Gasteiger partial charge is 0.335 e. The van der Waals surface area contributed by atoms with Crippen molar-refractivity contribution in [1.82, 2.24) is 0 Å². The Morgan fingerprint density at radius 3 is 1.70 bits per heavy atom. The van der Waals surface area contributed by atoms with Crippen molar-refractivity contribution in [2.45, 2.75) is 12.8 Å². The third-order valence-corrected chi connectivity index (χ3v) is 4.77. The molecule has 1 aliphatic rings. The molecule has 27 heavy (non-hydrogen) atoms. The van der Waals surface area contributed by atoms with Crippen molar-refractivity contribution in [2.75, 3.05) is 0 Å². The summed E-state index contributed by atoms with van der Waals surface area (Å²) in [5.74, 6) is -1.40. The van der Waals surface area contributed by atoms with E-state index in [1.165, 1.54) is 12.1 Å². The number of carbonyl (C=O) groups is 2. The average molecular weight is 360 g/mol. The fourth-order valence-electron chi connectivity index (χ4n) is 3.39. The molecule has 0 fully saturated rings. The zero-order valence-electron chi connectivity index (χ0n) is 14.5. The van der Waals surface area contributed by atoms with E-state index in [1.807, 2.05) is 31.2 Å². The Morgan fingerprint density at radius 2 is 1.26 bits per heavy atom. The molecule has 1 aliphatic heterocycles. The highest BCUT2D eigenvalue weighted by atomic mass is 16.5. The van der Waals surface area contributed by atoms with Crippen LogP contribution in [0.5, 0.6) is 11.5 Å². The van der Waals surface area contributed by atoms with Crippen molar-refractivity contribution in [3.05, 3.63) is 94.0 Å². The maximum Gasteiger partial charge on any atom is 0.335 e. The van der Waals surface area contributed by atoms with Crippen LogP contribution in [-0.4, -0.2) is 22.2 Å². The minimum Gasteiger partial charge on any atom is -0.478 e. The summed E-state index contributed by atoms with van der Waals surface area (Å²) >= 11 is 0. The first-order chi connectivity index (χ1) is 12.9. The second-order valence-corrected chi connectivity index (χ2v) is 6.56. The fraction of sp³-hybridized carbons (Fsp3) is 0.0909. The predicted molar refractivity (Wildman–Crippen MR) is 99.0 cm³/mol. The van der Waals surface area contributed by atoms with Gasteiger partial charge in [0.05, 0.1) is 11.1 Å². The summed E-state index contributed by atoms with van der Waals surface area (Å²) in [6, 6.07) is 17.7. The fourth-order valence-corrected chi connectivity index (χ4v) is 3.39. The lowest BCUT2D eigenvalue weighted by Crippen LogP contribution is -2.13. The molecule has 3 aromatic carbocycles. The maximum absolute atomic E-state index is 11.3. The zero-order chi connectivity index (χ0) is 19.1. The number of hydrogen-bond acceptors (Lipinski definition) is 3. The van der Waals surface area contributed by atoms with Gasteiger partial charge in [0.15, 0.2) is 0 Å². The van der Waals surface area contributed by atoms with E-state index < -0.39 is 11.9 Å². The predicted octanol–water partition coefficient (Wildman–Crippen LogP) is 4.68. The molecule has 0 aliphatic carbocycles. The molecule has 0 atom stereocenters. The minimum atomic E-state index is -1.04. The normalized spacial score (nSPS) is 12.6. The van der Waals surface area contributed by atoms with Crippen LogP contribution in [0, 0.1) is 6.92 Å². The number of aryl methyl sites for hydroxylation is 1. The van der Waals surface area contributed by atoms with Gasteiger partial charge in [-0.2, -0.15) is 0 Å². The highest BCUT2D eigenvalue weighted by molar-refractivity contribution is 5.89. The van der Waals surface area contributed by atoms with Crippen LogP contribution in [0.2, 0.25) is 0 Å². The number of ether oxygens (including phenoxy) is 1. The van der Waals surface area contributed by atoms with Gasteiger partial charge >= 0.3 is 11.9 Å². The van der Waals surface area contributed by atoms with Crippen LogP contribution in [0.25, 0.3) is 0 Å². The van der Waals surface area contributed by atoms with Gasteiger partial charge in [0.25, 0.3) is 0 Å². The molecule has 4 rings (SSSR count). The summed E-state index contributed by atoms with van der Waals surface area (Å²) in [5.41, 5.74) is 4.09. The number of fused-ring (bicyclic) bond motifs is 2. The van der Waals surface area contributed by atoms with Crippen LogP contribution in [-0.2, 0) is 0 Å². The Kier molecular flexibility index (Phi) is 3.92. The van der Waals surface area contributed by atoms with Crippen molar-refractivity contribution in [2.24, 2.45) is 0 Å². The van der Waals surface area contributed by atoms with E-state index in [4.69, 9.17) is 4.74 Å². The SMILES string of the molecule is Cc1ccc(C2c3ccc(C(=O)O)cc3Oc3cc(C(=O)O)ccc32)cc1. The van der Waals surface area contributed by atoms with Crippen molar-refractivity contribution >= 4 is 11.9 Å². The largest absolute Gasteiger partial charge is 0.478 e. The Hall–Kier alpha value is -3.60. The number of rotatable bonds is 3.